The summed E-state index contributed by atoms with van der Waals surface area (Å²) >= 11 is 3.38. The second-order valence-corrected chi connectivity index (χ2v) is 5.76. The van der Waals surface area contributed by atoms with Crippen LogP contribution >= 0.6 is 15.9 Å². The third-order valence-corrected chi connectivity index (χ3v) is 3.99. The van der Waals surface area contributed by atoms with Crippen molar-refractivity contribution in [2.75, 3.05) is 5.73 Å². The highest BCUT2D eigenvalue weighted by atomic mass is 79.9. The van der Waals surface area contributed by atoms with E-state index in [1.54, 1.807) is 6.07 Å². The Balaban J connectivity index is 2.05. The summed E-state index contributed by atoms with van der Waals surface area (Å²) in [5.74, 6) is 0.181. The molecular formula is C17H18BrNO2. The van der Waals surface area contributed by atoms with E-state index in [-0.39, 0.29) is 11.9 Å². The van der Waals surface area contributed by atoms with Crippen molar-refractivity contribution in [1.29, 1.82) is 0 Å². The minimum Gasteiger partial charge on any atom is -0.425 e. The number of carbonyl (C=O) groups excluding carboxylic acids is 1. The van der Waals surface area contributed by atoms with Crippen molar-refractivity contribution in [1.82, 2.24) is 0 Å². The molecule has 2 aromatic carbocycles. The van der Waals surface area contributed by atoms with Gasteiger partial charge >= 0.3 is 5.97 Å². The number of nitrogens with two attached hydrogens (primary N) is 1. The SMILES string of the molecule is CCC(Cc1ccc(N)cc1)C(=O)Oc1ccccc1Br. The maximum Gasteiger partial charge on any atom is 0.314 e. The second-order valence-electron chi connectivity index (χ2n) is 4.90. The predicted molar refractivity (Wildman–Crippen MR) is 88.1 cm³/mol. The molecule has 0 saturated heterocycles. The monoisotopic (exact) mass is 347 g/mol. The summed E-state index contributed by atoms with van der Waals surface area (Å²) in [6.45, 7) is 1.99. The van der Waals surface area contributed by atoms with Crippen LogP contribution in [0.25, 0.3) is 0 Å². The average Bonchev–Trinajstić information content (AvgIpc) is 2.49. The normalized spacial score (nSPS) is 11.9. The van der Waals surface area contributed by atoms with Gasteiger partial charge in [0.05, 0.1) is 10.4 Å². The smallest absolute Gasteiger partial charge is 0.314 e. The molecule has 0 spiro atoms. The fraction of sp³-hybridized carbons (Fsp3) is 0.235. The molecule has 0 saturated carbocycles. The number of hydrogen-bond acceptors (Lipinski definition) is 3. The number of nitrogen functional groups attached to an aromatic ring is 1. The van der Waals surface area contributed by atoms with Gasteiger partial charge in [0.1, 0.15) is 5.75 Å². The van der Waals surface area contributed by atoms with Crippen LogP contribution in [0, 0.1) is 5.92 Å². The quantitative estimate of drug-likeness (QED) is 0.500. The first-order chi connectivity index (χ1) is 10.1. The summed E-state index contributed by atoms with van der Waals surface area (Å²) < 4.78 is 6.26. The Bertz CT molecular complexity index is 610. The molecular weight excluding hydrogens is 330 g/mol. The summed E-state index contributed by atoms with van der Waals surface area (Å²) in [6, 6.07) is 14.9. The molecule has 0 aliphatic carbocycles. The standard InChI is InChI=1S/C17H18BrNO2/c1-2-13(11-12-7-9-14(19)10-8-12)17(20)21-16-6-4-3-5-15(16)18/h3-10,13H,2,11,19H2,1H3. The van der Waals surface area contributed by atoms with Gasteiger partial charge in [-0.2, -0.15) is 0 Å². The Morgan fingerprint density at radius 1 is 1.19 bits per heavy atom. The lowest BCUT2D eigenvalue weighted by Gasteiger charge is -2.15. The minimum atomic E-state index is -0.207. The van der Waals surface area contributed by atoms with Crippen LogP contribution in [-0.4, -0.2) is 5.97 Å². The third kappa shape index (κ3) is 4.33. The summed E-state index contributed by atoms with van der Waals surface area (Å²) in [5, 5.41) is 0. The number of carbonyl (C=O) groups is 1. The number of hydrogen-bond donors (Lipinski definition) is 1. The zero-order chi connectivity index (χ0) is 15.2. The molecule has 4 heteroatoms. The van der Waals surface area contributed by atoms with E-state index >= 15 is 0 Å². The highest BCUT2D eigenvalue weighted by Crippen LogP contribution is 2.25. The van der Waals surface area contributed by atoms with Gasteiger partial charge in [-0.1, -0.05) is 31.2 Å². The molecule has 0 aliphatic rings. The van der Waals surface area contributed by atoms with Crippen LogP contribution < -0.4 is 10.5 Å². The van der Waals surface area contributed by atoms with Gasteiger partial charge in [-0.05, 0) is 58.6 Å². The molecule has 0 aliphatic heterocycles. The van der Waals surface area contributed by atoms with Gasteiger partial charge in [0, 0.05) is 5.69 Å². The largest absolute Gasteiger partial charge is 0.425 e. The van der Waals surface area contributed by atoms with E-state index in [9.17, 15) is 4.79 Å². The zero-order valence-electron chi connectivity index (χ0n) is 11.9. The Morgan fingerprint density at radius 2 is 1.86 bits per heavy atom. The Morgan fingerprint density at radius 3 is 2.48 bits per heavy atom. The van der Waals surface area contributed by atoms with Crippen LogP contribution in [0.5, 0.6) is 5.75 Å². The fourth-order valence-electron chi connectivity index (χ4n) is 2.05. The van der Waals surface area contributed by atoms with Crippen molar-refractivity contribution < 1.29 is 9.53 Å². The number of halogens is 1. The molecule has 2 N–H and O–H groups in total. The summed E-state index contributed by atoms with van der Waals surface area (Å²) in [7, 11) is 0. The zero-order valence-corrected chi connectivity index (χ0v) is 13.5. The molecule has 3 nitrogen and oxygen atoms in total. The van der Waals surface area contributed by atoms with Crippen molar-refractivity contribution in [3.05, 3.63) is 58.6 Å². The van der Waals surface area contributed by atoms with E-state index in [2.05, 4.69) is 15.9 Å². The van der Waals surface area contributed by atoms with Crippen molar-refractivity contribution in [2.45, 2.75) is 19.8 Å². The van der Waals surface area contributed by atoms with Gasteiger partial charge in [0.25, 0.3) is 0 Å². The van der Waals surface area contributed by atoms with E-state index in [0.29, 0.717) is 12.2 Å². The van der Waals surface area contributed by atoms with Crippen molar-refractivity contribution >= 4 is 27.6 Å². The third-order valence-electron chi connectivity index (χ3n) is 3.34. The number of rotatable bonds is 5. The molecule has 1 unspecified atom stereocenters. The van der Waals surface area contributed by atoms with Gasteiger partial charge < -0.3 is 10.5 Å². The van der Waals surface area contributed by atoms with Crippen molar-refractivity contribution in [2.24, 2.45) is 5.92 Å². The second kappa shape index (κ2) is 7.27. The Hall–Kier alpha value is -1.81. The Kier molecular flexibility index (Phi) is 5.39. The van der Waals surface area contributed by atoms with Crippen molar-refractivity contribution in [3.8, 4) is 5.75 Å². The van der Waals surface area contributed by atoms with E-state index in [0.717, 1.165) is 22.1 Å². The first kappa shape index (κ1) is 15.6. The van der Waals surface area contributed by atoms with E-state index in [1.165, 1.54) is 0 Å². The molecule has 0 fully saturated rings. The lowest BCUT2D eigenvalue weighted by atomic mass is 9.97. The van der Waals surface area contributed by atoms with Crippen molar-refractivity contribution in [3.63, 3.8) is 0 Å². The minimum absolute atomic E-state index is 0.166. The first-order valence-electron chi connectivity index (χ1n) is 6.90. The molecule has 21 heavy (non-hydrogen) atoms. The number of ether oxygens (including phenoxy) is 1. The molecule has 0 aromatic heterocycles. The van der Waals surface area contributed by atoms with E-state index in [4.69, 9.17) is 10.5 Å². The molecule has 0 bridgehead atoms. The maximum absolute atomic E-state index is 12.3. The number of esters is 1. The van der Waals surface area contributed by atoms with Gasteiger partial charge in [-0.3, -0.25) is 4.79 Å². The average molecular weight is 348 g/mol. The van der Waals surface area contributed by atoms with E-state index in [1.807, 2.05) is 49.4 Å². The lowest BCUT2D eigenvalue weighted by Crippen LogP contribution is -2.22. The van der Waals surface area contributed by atoms with Crippen LogP contribution in [0.3, 0.4) is 0 Å². The van der Waals surface area contributed by atoms with Gasteiger partial charge in [0.2, 0.25) is 0 Å². The molecule has 2 aromatic rings. The van der Waals surface area contributed by atoms with Gasteiger partial charge in [-0.25, -0.2) is 0 Å². The van der Waals surface area contributed by atoms with Crippen LogP contribution in [-0.2, 0) is 11.2 Å². The molecule has 110 valence electrons. The van der Waals surface area contributed by atoms with Gasteiger partial charge in [0.15, 0.2) is 0 Å². The molecule has 0 heterocycles. The highest BCUT2D eigenvalue weighted by molar-refractivity contribution is 9.10. The van der Waals surface area contributed by atoms with Crippen LogP contribution in [0.2, 0.25) is 0 Å². The first-order valence-corrected chi connectivity index (χ1v) is 7.70. The molecule has 0 radical (unpaired) electrons. The lowest BCUT2D eigenvalue weighted by molar-refractivity contribution is -0.139. The number of para-hydroxylation sites is 1. The van der Waals surface area contributed by atoms with Crippen LogP contribution in [0.1, 0.15) is 18.9 Å². The fourth-order valence-corrected chi connectivity index (χ4v) is 2.42. The molecule has 0 amide bonds. The maximum atomic E-state index is 12.3. The topological polar surface area (TPSA) is 52.3 Å². The van der Waals surface area contributed by atoms with Crippen LogP contribution in [0.15, 0.2) is 53.0 Å². The highest BCUT2D eigenvalue weighted by Gasteiger charge is 2.20. The molecule has 1 atom stereocenters. The van der Waals surface area contributed by atoms with Crippen LogP contribution in [0.4, 0.5) is 5.69 Å². The van der Waals surface area contributed by atoms with E-state index < -0.39 is 0 Å². The summed E-state index contributed by atoms with van der Waals surface area (Å²) in [6.07, 6.45) is 1.38. The number of benzene rings is 2. The molecule has 2 rings (SSSR count). The van der Waals surface area contributed by atoms with Gasteiger partial charge in [-0.15, -0.1) is 0 Å². The summed E-state index contributed by atoms with van der Waals surface area (Å²) in [5.41, 5.74) is 7.48. The summed E-state index contributed by atoms with van der Waals surface area (Å²) in [4.78, 5) is 12.3. The predicted octanol–water partition coefficient (Wildman–Crippen LogP) is 4.21. The Labute approximate surface area is 133 Å². The number of anilines is 1.